The maximum atomic E-state index is 5.70. The van der Waals surface area contributed by atoms with E-state index in [0.29, 0.717) is 5.76 Å². The summed E-state index contributed by atoms with van der Waals surface area (Å²) in [4.78, 5) is 9.13. The van der Waals surface area contributed by atoms with E-state index in [-0.39, 0.29) is 0 Å². The molecule has 0 radical (unpaired) electrons. The van der Waals surface area contributed by atoms with Crippen LogP contribution in [0.3, 0.4) is 0 Å². The van der Waals surface area contributed by atoms with Crippen LogP contribution in [0.2, 0.25) is 0 Å². The highest BCUT2D eigenvalue weighted by molar-refractivity contribution is 5.47. The van der Waals surface area contributed by atoms with Gasteiger partial charge in [-0.1, -0.05) is 54.6 Å². The summed E-state index contributed by atoms with van der Waals surface area (Å²) in [5.41, 5.74) is 9.35. The first kappa shape index (κ1) is 22.7. The molecule has 0 aliphatic heterocycles. The van der Waals surface area contributed by atoms with Crippen molar-refractivity contribution in [2.45, 2.75) is 27.2 Å². The van der Waals surface area contributed by atoms with Crippen molar-refractivity contribution in [2.24, 2.45) is 0 Å². The fraction of sp³-hybridized carbons (Fsp3) is 0.138. The fourth-order valence-electron chi connectivity index (χ4n) is 3.14. The number of aryl methyl sites for hydroxylation is 2. The normalized spacial score (nSPS) is 11.2. The number of hydrogen-bond acceptors (Lipinski definition) is 3. The summed E-state index contributed by atoms with van der Waals surface area (Å²) in [5.74, 6) is 1.24. The third kappa shape index (κ3) is 7.71. The van der Waals surface area contributed by atoms with Crippen LogP contribution in [-0.4, -0.2) is 9.97 Å². The molecule has 0 aliphatic carbocycles. The topological polar surface area (TPSA) is 35.0 Å². The predicted molar refractivity (Wildman–Crippen MR) is 133 cm³/mol. The zero-order valence-corrected chi connectivity index (χ0v) is 18.9. The molecule has 0 unspecified atom stereocenters. The van der Waals surface area contributed by atoms with Gasteiger partial charge in [-0.3, -0.25) is 9.97 Å². The van der Waals surface area contributed by atoms with Crippen molar-refractivity contribution in [3.63, 3.8) is 0 Å². The van der Waals surface area contributed by atoms with E-state index < -0.39 is 0 Å². The Morgan fingerprint density at radius 2 is 1.78 bits per heavy atom. The van der Waals surface area contributed by atoms with Gasteiger partial charge in [-0.25, -0.2) is 0 Å². The van der Waals surface area contributed by atoms with Gasteiger partial charge in [0.1, 0.15) is 11.5 Å². The van der Waals surface area contributed by atoms with Crippen LogP contribution in [0.1, 0.15) is 40.8 Å². The number of rotatable bonds is 8. The average Bonchev–Trinajstić information content (AvgIpc) is 2.74. The summed E-state index contributed by atoms with van der Waals surface area (Å²) in [7, 11) is 0. The van der Waals surface area contributed by atoms with Crippen molar-refractivity contribution in [3.05, 3.63) is 137 Å². The summed E-state index contributed by atoms with van der Waals surface area (Å²) in [5, 5.41) is 0. The number of ether oxygens (including phenoxy) is 1. The van der Waals surface area contributed by atoms with Gasteiger partial charge in [-0.2, -0.15) is 0 Å². The molecule has 0 spiro atoms. The molecule has 1 aromatic carbocycles. The Hall–Kier alpha value is -3.94. The summed E-state index contributed by atoms with van der Waals surface area (Å²) in [6.45, 7) is 9.86. The Morgan fingerprint density at radius 1 is 1.00 bits per heavy atom. The first-order valence-electron chi connectivity index (χ1n) is 10.6. The average molecular weight is 421 g/mol. The molecule has 2 heterocycles. The first-order valence-corrected chi connectivity index (χ1v) is 10.6. The Balaban J connectivity index is 1.56. The lowest BCUT2D eigenvalue weighted by Gasteiger charge is -2.04. The second kappa shape index (κ2) is 11.5. The van der Waals surface area contributed by atoms with Gasteiger partial charge in [-0.05, 0) is 62.8 Å². The highest BCUT2D eigenvalue weighted by Gasteiger charge is 1.99. The summed E-state index contributed by atoms with van der Waals surface area (Å²) < 4.78 is 5.70. The molecule has 3 heteroatoms. The molecule has 0 saturated carbocycles. The smallest absolute Gasteiger partial charge is 0.127 e. The minimum absolute atomic E-state index is 0.509. The zero-order valence-electron chi connectivity index (χ0n) is 18.9. The highest BCUT2D eigenvalue weighted by Crippen LogP contribution is 2.11. The van der Waals surface area contributed by atoms with E-state index in [9.17, 15) is 0 Å². The molecule has 0 saturated heterocycles. The van der Waals surface area contributed by atoms with Gasteiger partial charge in [0.15, 0.2) is 0 Å². The van der Waals surface area contributed by atoms with Gasteiger partial charge in [0.2, 0.25) is 0 Å². The molecule has 0 atom stereocenters. The van der Waals surface area contributed by atoms with Crippen LogP contribution in [0, 0.1) is 13.8 Å². The molecule has 3 aromatic rings. The van der Waals surface area contributed by atoms with Gasteiger partial charge < -0.3 is 4.74 Å². The second-order valence-electron chi connectivity index (χ2n) is 7.58. The van der Waals surface area contributed by atoms with Crippen molar-refractivity contribution in [2.75, 3.05) is 0 Å². The maximum Gasteiger partial charge on any atom is 0.127 e. The van der Waals surface area contributed by atoms with E-state index >= 15 is 0 Å². The van der Waals surface area contributed by atoms with Crippen molar-refractivity contribution in [1.82, 2.24) is 9.97 Å². The highest BCUT2D eigenvalue weighted by atomic mass is 16.5. The lowest BCUT2D eigenvalue weighted by atomic mass is 10.1. The van der Waals surface area contributed by atoms with Crippen molar-refractivity contribution in [1.29, 1.82) is 0 Å². The molecule has 0 aliphatic rings. The molecule has 0 bridgehead atoms. The molecule has 3 nitrogen and oxygen atoms in total. The van der Waals surface area contributed by atoms with Crippen molar-refractivity contribution >= 4 is 12.2 Å². The fourth-order valence-corrected chi connectivity index (χ4v) is 3.14. The molecule has 2 aromatic heterocycles. The third-order valence-electron chi connectivity index (χ3n) is 4.57. The van der Waals surface area contributed by atoms with Crippen LogP contribution in [0.25, 0.3) is 12.2 Å². The largest absolute Gasteiger partial charge is 0.462 e. The number of allylic oxidation sites excluding steroid dienone is 4. The minimum Gasteiger partial charge on any atom is -0.462 e. The van der Waals surface area contributed by atoms with Gasteiger partial charge in [0.05, 0.1) is 11.4 Å². The summed E-state index contributed by atoms with van der Waals surface area (Å²) in [6, 6.07) is 20.5. The van der Waals surface area contributed by atoms with Crippen molar-refractivity contribution in [3.8, 4) is 0 Å². The van der Waals surface area contributed by atoms with Crippen LogP contribution in [-0.2, 0) is 11.2 Å². The Morgan fingerprint density at radius 3 is 2.59 bits per heavy atom. The monoisotopic (exact) mass is 420 g/mol. The maximum absolute atomic E-state index is 5.70. The molecule has 160 valence electrons. The lowest BCUT2D eigenvalue weighted by Crippen LogP contribution is -1.94. The summed E-state index contributed by atoms with van der Waals surface area (Å²) >= 11 is 0. The quantitative estimate of drug-likeness (QED) is 0.223. The van der Waals surface area contributed by atoms with Crippen LogP contribution in [0.15, 0.2) is 103 Å². The van der Waals surface area contributed by atoms with E-state index in [1.54, 1.807) is 12.2 Å². The van der Waals surface area contributed by atoms with Crippen LogP contribution >= 0.6 is 0 Å². The Kier molecular flexibility index (Phi) is 8.14. The van der Waals surface area contributed by atoms with E-state index in [2.05, 4.69) is 54.5 Å². The van der Waals surface area contributed by atoms with Gasteiger partial charge >= 0.3 is 0 Å². The molecule has 3 rings (SSSR count). The Bertz CT molecular complexity index is 1210. The third-order valence-corrected chi connectivity index (χ3v) is 4.57. The molecule has 0 amide bonds. The van der Waals surface area contributed by atoms with Crippen LogP contribution < -0.4 is 0 Å². The molecule has 0 N–H and O–H groups in total. The lowest BCUT2D eigenvalue weighted by molar-refractivity contribution is 0.324. The zero-order chi connectivity index (χ0) is 22.8. The van der Waals surface area contributed by atoms with E-state index in [4.69, 9.17) is 9.72 Å². The number of aromatic nitrogens is 2. The molecular formula is C29H28N2O. The number of hydrogen-bond donors (Lipinski definition) is 0. The Labute approximate surface area is 190 Å². The van der Waals surface area contributed by atoms with E-state index in [1.165, 1.54) is 11.1 Å². The van der Waals surface area contributed by atoms with Gasteiger partial charge in [-0.15, -0.1) is 5.73 Å². The number of pyridine rings is 2. The molecule has 32 heavy (non-hydrogen) atoms. The van der Waals surface area contributed by atoms with Crippen LogP contribution in [0.4, 0.5) is 0 Å². The number of benzene rings is 1. The van der Waals surface area contributed by atoms with E-state index in [1.807, 2.05) is 62.4 Å². The van der Waals surface area contributed by atoms with Crippen molar-refractivity contribution < 1.29 is 4.74 Å². The molecular weight excluding hydrogens is 392 g/mol. The van der Waals surface area contributed by atoms with Crippen LogP contribution in [0.5, 0.6) is 0 Å². The summed E-state index contributed by atoms with van der Waals surface area (Å²) in [6.07, 6.45) is 10.1. The van der Waals surface area contributed by atoms with Gasteiger partial charge in [0, 0.05) is 30.0 Å². The van der Waals surface area contributed by atoms with Gasteiger partial charge in [0.25, 0.3) is 0 Å². The standard InChI is InChI=1S/C29H28N2O/c1-22-10-5-14-26(20-22)21-29-19-9-18-28(31-29)17-8-13-25(4)32-24(3)12-7-16-27-15-6-11-23(2)30-27/h5-6,8-20H,3,21H2,1-2,4H3. The predicted octanol–water partition coefficient (Wildman–Crippen LogP) is 7.00. The SMILES string of the molecule is C=C(C=C=Cc1cccc(C)n1)OC(C)=CC=Cc1cccc(Cc2cccc(C)c2)n1. The number of nitrogens with zero attached hydrogens (tertiary/aromatic N) is 2. The first-order chi connectivity index (χ1) is 15.5. The van der Waals surface area contributed by atoms with E-state index in [0.717, 1.165) is 35.0 Å². The molecule has 0 fully saturated rings. The minimum atomic E-state index is 0.509. The second-order valence-corrected chi connectivity index (χ2v) is 7.58.